The molecule has 3 unspecified atom stereocenters. The van der Waals surface area contributed by atoms with Crippen molar-refractivity contribution in [3.63, 3.8) is 0 Å². The quantitative estimate of drug-likeness (QED) is 0.537. The highest BCUT2D eigenvalue weighted by Gasteiger charge is 2.48. The first-order chi connectivity index (χ1) is 7.69. The topological polar surface area (TPSA) is 26.3 Å². The van der Waals surface area contributed by atoms with Crippen LogP contribution in [-0.4, -0.2) is 11.6 Å². The van der Waals surface area contributed by atoms with Crippen molar-refractivity contribution in [1.82, 2.24) is 0 Å². The van der Waals surface area contributed by atoms with E-state index in [4.69, 9.17) is 4.74 Å². The van der Waals surface area contributed by atoms with Crippen molar-refractivity contribution in [2.75, 3.05) is 0 Å². The summed E-state index contributed by atoms with van der Waals surface area (Å²) in [6.45, 7) is 12.1. The van der Waals surface area contributed by atoms with E-state index < -0.39 is 5.60 Å². The highest BCUT2D eigenvalue weighted by molar-refractivity contribution is 5.78. The Kier molecular flexibility index (Phi) is 4.06. The fourth-order valence-corrected chi connectivity index (χ4v) is 2.80. The third-order valence-corrected chi connectivity index (χ3v) is 3.54. The molecule has 1 fully saturated rings. The zero-order chi connectivity index (χ0) is 13.3. The maximum atomic E-state index is 12.4. The minimum atomic E-state index is -0.396. The van der Waals surface area contributed by atoms with Crippen LogP contribution in [0.1, 0.15) is 54.4 Å². The lowest BCUT2D eigenvalue weighted by Crippen LogP contribution is -2.37. The molecule has 0 aromatic heterocycles. The number of carbonyl (C=O) groups excluding carboxylic acids is 1. The van der Waals surface area contributed by atoms with Crippen LogP contribution in [0.25, 0.3) is 0 Å². The summed E-state index contributed by atoms with van der Waals surface area (Å²) >= 11 is 0. The number of hydrogen-bond donors (Lipinski definition) is 0. The lowest BCUT2D eigenvalue weighted by atomic mass is 9.79. The van der Waals surface area contributed by atoms with Crippen molar-refractivity contribution >= 4 is 5.97 Å². The zero-order valence-corrected chi connectivity index (χ0v) is 12.0. The van der Waals surface area contributed by atoms with Gasteiger partial charge in [-0.05, 0) is 59.3 Å². The van der Waals surface area contributed by atoms with Crippen molar-refractivity contribution < 1.29 is 9.53 Å². The van der Waals surface area contributed by atoms with E-state index in [2.05, 4.69) is 19.9 Å². The monoisotopic (exact) mass is 238 g/mol. The van der Waals surface area contributed by atoms with Gasteiger partial charge in [-0.25, -0.2) is 0 Å². The van der Waals surface area contributed by atoms with Crippen molar-refractivity contribution in [3.8, 4) is 0 Å². The highest BCUT2D eigenvalue weighted by atomic mass is 16.6. The summed E-state index contributed by atoms with van der Waals surface area (Å²) in [4.78, 5) is 12.4. The molecule has 0 radical (unpaired) electrons. The van der Waals surface area contributed by atoms with E-state index in [1.807, 2.05) is 33.8 Å². The number of allylic oxidation sites excluding steroid dienone is 2. The minimum Gasteiger partial charge on any atom is -0.460 e. The van der Waals surface area contributed by atoms with Gasteiger partial charge in [0.2, 0.25) is 0 Å². The molecule has 2 heteroatoms. The van der Waals surface area contributed by atoms with Gasteiger partial charge in [-0.3, -0.25) is 4.79 Å². The normalized spacial score (nSPS) is 34.2. The summed E-state index contributed by atoms with van der Waals surface area (Å²) < 4.78 is 5.58. The number of carbonyl (C=O) groups is 1. The number of esters is 1. The van der Waals surface area contributed by atoms with Gasteiger partial charge in [0.25, 0.3) is 0 Å². The van der Waals surface area contributed by atoms with E-state index in [9.17, 15) is 4.79 Å². The smallest absolute Gasteiger partial charge is 0.312 e. The molecule has 1 aliphatic rings. The van der Waals surface area contributed by atoms with Crippen LogP contribution in [0.4, 0.5) is 0 Å². The minimum absolute atomic E-state index is 0.0440. The highest BCUT2D eigenvalue weighted by Crippen LogP contribution is 2.48. The van der Waals surface area contributed by atoms with Crippen LogP contribution in [0.5, 0.6) is 0 Å². The van der Waals surface area contributed by atoms with Gasteiger partial charge >= 0.3 is 5.97 Å². The van der Waals surface area contributed by atoms with Gasteiger partial charge in [0.1, 0.15) is 5.60 Å². The molecule has 0 N–H and O–H groups in total. The molecule has 3 atom stereocenters. The van der Waals surface area contributed by atoms with Crippen molar-refractivity contribution in [2.24, 2.45) is 17.3 Å². The number of hydrogen-bond acceptors (Lipinski definition) is 2. The Morgan fingerprint density at radius 2 is 2.00 bits per heavy atom. The Morgan fingerprint density at radius 1 is 1.41 bits per heavy atom. The van der Waals surface area contributed by atoms with Gasteiger partial charge in [0, 0.05) is 0 Å². The second kappa shape index (κ2) is 4.83. The van der Waals surface area contributed by atoms with Crippen molar-refractivity contribution in [2.45, 2.75) is 60.0 Å². The van der Waals surface area contributed by atoms with E-state index in [-0.39, 0.29) is 11.4 Å². The summed E-state index contributed by atoms with van der Waals surface area (Å²) in [5, 5.41) is 0. The van der Waals surface area contributed by atoms with Gasteiger partial charge in [0.05, 0.1) is 5.41 Å². The summed E-state index contributed by atoms with van der Waals surface area (Å²) in [5.74, 6) is 0.864. The van der Waals surface area contributed by atoms with E-state index >= 15 is 0 Å². The van der Waals surface area contributed by atoms with Crippen molar-refractivity contribution in [3.05, 3.63) is 12.2 Å². The van der Waals surface area contributed by atoms with Crippen LogP contribution in [0, 0.1) is 17.3 Å². The molecule has 0 spiro atoms. The van der Waals surface area contributed by atoms with Crippen LogP contribution >= 0.6 is 0 Å². The molecule has 98 valence electrons. The third-order valence-electron chi connectivity index (χ3n) is 3.54. The van der Waals surface area contributed by atoms with Crippen LogP contribution in [0.2, 0.25) is 0 Å². The molecular formula is C15H26O2. The molecule has 0 saturated heterocycles. The molecule has 0 amide bonds. The maximum Gasteiger partial charge on any atom is 0.312 e. The third kappa shape index (κ3) is 3.34. The Morgan fingerprint density at radius 3 is 2.47 bits per heavy atom. The zero-order valence-electron chi connectivity index (χ0n) is 12.0. The SMILES string of the molecule is C/C=C/C1CC(C)CC1(C)C(=O)OC(C)(C)C. The molecule has 0 aromatic carbocycles. The molecule has 1 rings (SSSR count). The van der Waals surface area contributed by atoms with E-state index in [1.165, 1.54) is 0 Å². The second-order valence-corrected chi connectivity index (χ2v) is 6.60. The second-order valence-electron chi connectivity index (χ2n) is 6.60. The average molecular weight is 238 g/mol. The molecule has 0 aromatic rings. The fourth-order valence-electron chi connectivity index (χ4n) is 2.80. The lowest BCUT2D eigenvalue weighted by Gasteiger charge is -2.31. The molecule has 1 aliphatic carbocycles. The molecular weight excluding hydrogens is 212 g/mol. The first kappa shape index (κ1) is 14.3. The fraction of sp³-hybridized carbons (Fsp3) is 0.800. The maximum absolute atomic E-state index is 12.4. The Balaban J connectivity index is 2.87. The van der Waals surface area contributed by atoms with E-state index in [0.29, 0.717) is 11.8 Å². The van der Waals surface area contributed by atoms with Gasteiger partial charge in [-0.15, -0.1) is 0 Å². The predicted molar refractivity (Wildman–Crippen MR) is 70.7 cm³/mol. The first-order valence-electron chi connectivity index (χ1n) is 6.55. The van der Waals surface area contributed by atoms with Crippen LogP contribution < -0.4 is 0 Å². The van der Waals surface area contributed by atoms with Gasteiger partial charge in [-0.2, -0.15) is 0 Å². The van der Waals surface area contributed by atoms with Crippen LogP contribution in [0.3, 0.4) is 0 Å². The van der Waals surface area contributed by atoms with Gasteiger partial charge < -0.3 is 4.74 Å². The Bertz CT molecular complexity index is 311. The van der Waals surface area contributed by atoms with Crippen LogP contribution in [0.15, 0.2) is 12.2 Å². The van der Waals surface area contributed by atoms with Crippen molar-refractivity contribution in [1.29, 1.82) is 0 Å². The Labute approximate surface area is 105 Å². The average Bonchev–Trinajstić information content (AvgIpc) is 2.41. The molecule has 0 bridgehead atoms. The van der Waals surface area contributed by atoms with E-state index in [1.54, 1.807) is 0 Å². The number of ether oxygens (including phenoxy) is 1. The summed E-state index contributed by atoms with van der Waals surface area (Å²) in [7, 11) is 0. The standard InChI is InChI=1S/C15H26O2/c1-7-8-12-9-11(2)10-15(12,6)13(16)17-14(3,4)5/h7-8,11-12H,9-10H2,1-6H3/b8-7+. The molecule has 0 aliphatic heterocycles. The lowest BCUT2D eigenvalue weighted by molar-refractivity contribution is -0.168. The van der Waals surface area contributed by atoms with Gasteiger partial charge in [0.15, 0.2) is 0 Å². The molecule has 2 nitrogen and oxygen atoms in total. The van der Waals surface area contributed by atoms with Crippen LogP contribution in [-0.2, 0) is 9.53 Å². The largest absolute Gasteiger partial charge is 0.460 e. The molecule has 1 saturated carbocycles. The first-order valence-corrected chi connectivity index (χ1v) is 6.55. The Hall–Kier alpha value is -0.790. The van der Waals surface area contributed by atoms with E-state index in [0.717, 1.165) is 12.8 Å². The summed E-state index contributed by atoms with van der Waals surface area (Å²) in [6.07, 6.45) is 6.22. The predicted octanol–water partition coefficient (Wildman–Crippen LogP) is 3.96. The number of rotatable bonds is 2. The summed E-state index contributed by atoms with van der Waals surface area (Å²) in [5.41, 5.74) is -0.744. The molecule has 17 heavy (non-hydrogen) atoms. The summed E-state index contributed by atoms with van der Waals surface area (Å²) in [6, 6.07) is 0. The molecule has 0 heterocycles. The van der Waals surface area contributed by atoms with Gasteiger partial charge in [-0.1, -0.05) is 19.1 Å².